The molecule has 7 heteroatoms. The third-order valence-corrected chi connectivity index (χ3v) is 4.40. The summed E-state index contributed by atoms with van der Waals surface area (Å²) in [7, 11) is 2.00. The number of nitrogens with zero attached hydrogens (tertiary/aromatic N) is 2. The zero-order valence-corrected chi connectivity index (χ0v) is 14.1. The summed E-state index contributed by atoms with van der Waals surface area (Å²) in [6.45, 7) is 3.28. The molecule has 1 aliphatic rings. The van der Waals surface area contributed by atoms with Crippen LogP contribution in [0.15, 0.2) is 18.2 Å². The van der Waals surface area contributed by atoms with E-state index in [1.807, 2.05) is 7.05 Å². The molecule has 124 valence electrons. The predicted molar refractivity (Wildman–Crippen MR) is 87.9 cm³/mol. The van der Waals surface area contributed by atoms with Crippen molar-refractivity contribution in [2.75, 3.05) is 46.4 Å². The molecule has 2 atom stereocenters. The number of ether oxygens (including phenoxy) is 1. The normalized spacial score (nSPS) is 21.8. The number of halogens is 2. The maximum absolute atomic E-state index is 10.1. The van der Waals surface area contributed by atoms with Crippen molar-refractivity contribution in [2.24, 2.45) is 0 Å². The fourth-order valence-corrected chi connectivity index (χ4v) is 2.97. The highest BCUT2D eigenvalue weighted by Crippen LogP contribution is 2.27. The fourth-order valence-electron chi connectivity index (χ4n) is 2.50. The molecule has 2 rings (SSSR count). The minimum absolute atomic E-state index is 0.118. The average Bonchev–Trinajstić information content (AvgIpc) is 2.48. The van der Waals surface area contributed by atoms with Gasteiger partial charge in [-0.3, -0.25) is 9.80 Å². The van der Waals surface area contributed by atoms with Crippen LogP contribution in [-0.2, 0) is 0 Å². The van der Waals surface area contributed by atoms with Gasteiger partial charge in [-0.1, -0.05) is 23.2 Å². The summed E-state index contributed by atoms with van der Waals surface area (Å²) in [6.07, 6.45) is -0.616. The van der Waals surface area contributed by atoms with Gasteiger partial charge in [0.25, 0.3) is 0 Å². The lowest BCUT2D eigenvalue weighted by Crippen LogP contribution is -2.54. The molecule has 0 unspecified atom stereocenters. The molecule has 0 aliphatic carbocycles. The van der Waals surface area contributed by atoms with Gasteiger partial charge in [0.2, 0.25) is 0 Å². The van der Waals surface area contributed by atoms with Crippen molar-refractivity contribution < 1.29 is 14.9 Å². The third kappa shape index (κ3) is 4.98. The standard InChI is InChI=1S/C15H22Cl2N2O3/c1-18-4-5-19(7-12(18)9-20)8-13(21)10-22-15-3-2-11(16)6-14(15)17/h2-3,6,12-13,20-21H,4-5,7-10H2,1H3/t12-,13-/m1/s1. The first kappa shape index (κ1) is 17.8. The van der Waals surface area contributed by atoms with Crippen LogP contribution in [0.1, 0.15) is 0 Å². The molecule has 0 amide bonds. The lowest BCUT2D eigenvalue weighted by Gasteiger charge is -2.39. The second-order valence-corrected chi connectivity index (χ2v) is 6.46. The van der Waals surface area contributed by atoms with E-state index in [0.717, 1.165) is 19.6 Å². The Labute approximate surface area is 141 Å². The van der Waals surface area contributed by atoms with Gasteiger partial charge in [-0.15, -0.1) is 0 Å². The van der Waals surface area contributed by atoms with E-state index in [1.54, 1.807) is 18.2 Å². The van der Waals surface area contributed by atoms with Crippen LogP contribution in [-0.4, -0.2) is 78.6 Å². The maximum atomic E-state index is 10.1. The molecule has 2 N–H and O–H groups in total. The quantitative estimate of drug-likeness (QED) is 0.812. The number of hydrogen-bond donors (Lipinski definition) is 2. The van der Waals surface area contributed by atoms with E-state index in [-0.39, 0.29) is 19.3 Å². The molecule has 0 radical (unpaired) electrons. The predicted octanol–water partition coefficient (Wildman–Crippen LogP) is 1.34. The minimum Gasteiger partial charge on any atom is -0.489 e. The monoisotopic (exact) mass is 348 g/mol. The molecule has 1 heterocycles. The number of aliphatic hydroxyl groups is 2. The van der Waals surface area contributed by atoms with Crippen molar-refractivity contribution in [1.82, 2.24) is 9.80 Å². The van der Waals surface area contributed by atoms with Crippen LogP contribution < -0.4 is 4.74 Å². The van der Waals surface area contributed by atoms with Gasteiger partial charge in [-0.05, 0) is 25.2 Å². The van der Waals surface area contributed by atoms with E-state index in [4.69, 9.17) is 27.9 Å². The number of likely N-dealkylation sites (N-methyl/N-ethyl adjacent to an activating group) is 1. The van der Waals surface area contributed by atoms with Crippen LogP contribution >= 0.6 is 23.2 Å². The lowest BCUT2D eigenvalue weighted by atomic mass is 10.2. The van der Waals surface area contributed by atoms with E-state index < -0.39 is 6.10 Å². The Bertz CT molecular complexity index is 490. The molecule has 1 aromatic rings. The van der Waals surface area contributed by atoms with E-state index in [2.05, 4.69) is 9.80 Å². The van der Waals surface area contributed by atoms with Crippen LogP contribution in [0.2, 0.25) is 10.0 Å². The minimum atomic E-state index is -0.616. The molecule has 0 aromatic heterocycles. The van der Waals surface area contributed by atoms with Crippen LogP contribution in [0.5, 0.6) is 5.75 Å². The molecular formula is C15H22Cl2N2O3. The summed E-state index contributed by atoms with van der Waals surface area (Å²) in [5, 5.41) is 20.4. The Morgan fingerprint density at radius 2 is 2.14 bits per heavy atom. The summed E-state index contributed by atoms with van der Waals surface area (Å²) >= 11 is 11.9. The smallest absolute Gasteiger partial charge is 0.138 e. The first-order valence-corrected chi connectivity index (χ1v) is 8.04. The van der Waals surface area contributed by atoms with E-state index in [9.17, 15) is 10.2 Å². The van der Waals surface area contributed by atoms with Gasteiger partial charge < -0.3 is 14.9 Å². The maximum Gasteiger partial charge on any atom is 0.138 e. The Morgan fingerprint density at radius 3 is 2.82 bits per heavy atom. The molecule has 1 aromatic carbocycles. The van der Waals surface area contributed by atoms with Crippen molar-refractivity contribution in [3.05, 3.63) is 28.2 Å². The van der Waals surface area contributed by atoms with E-state index in [1.165, 1.54) is 0 Å². The Balaban J connectivity index is 1.79. The first-order chi connectivity index (χ1) is 10.5. The van der Waals surface area contributed by atoms with E-state index in [0.29, 0.717) is 22.3 Å². The molecule has 1 aliphatic heterocycles. The van der Waals surface area contributed by atoms with Gasteiger partial charge >= 0.3 is 0 Å². The van der Waals surface area contributed by atoms with E-state index >= 15 is 0 Å². The number of benzene rings is 1. The van der Waals surface area contributed by atoms with Gasteiger partial charge in [0.05, 0.1) is 11.6 Å². The number of rotatable bonds is 6. The molecule has 0 saturated carbocycles. The van der Waals surface area contributed by atoms with Crippen LogP contribution in [0.3, 0.4) is 0 Å². The largest absolute Gasteiger partial charge is 0.489 e. The number of hydrogen-bond acceptors (Lipinski definition) is 5. The molecule has 0 spiro atoms. The molecule has 0 bridgehead atoms. The summed E-state index contributed by atoms with van der Waals surface area (Å²) in [5.74, 6) is 0.511. The van der Waals surface area contributed by atoms with Crippen molar-refractivity contribution in [2.45, 2.75) is 12.1 Å². The highest BCUT2D eigenvalue weighted by Gasteiger charge is 2.25. The van der Waals surface area contributed by atoms with Gasteiger partial charge in [-0.2, -0.15) is 0 Å². The Hall–Kier alpha value is -0.560. The van der Waals surface area contributed by atoms with Crippen LogP contribution in [0.4, 0.5) is 0 Å². The second-order valence-electron chi connectivity index (χ2n) is 5.62. The van der Waals surface area contributed by atoms with Crippen molar-refractivity contribution >= 4 is 23.2 Å². The number of β-amino-alcohol motifs (C(OH)–C–C–N with tert-alkyl or cyclic N) is 1. The van der Waals surface area contributed by atoms with Crippen molar-refractivity contribution in [3.63, 3.8) is 0 Å². The molecular weight excluding hydrogens is 327 g/mol. The van der Waals surface area contributed by atoms with Gasteiger partial charge in [0, 0.05) is 37.2 Å². The molecule has 5 nitrogen and oxygen atoms in total. The third-order valence-electron chi connectivity index (χ3n) is 3.87. The summed E-state index contributed by atoms with van der Waals surface area (Å²) in [6, 6.07) is 5.11. The zero-order valence-electron chi connectivity index (χ0n) is 12.6. The van der Waals surface area contributed by atoms with Crippen molar-refractivity contribution in [1.29, 1.82) is 0 Å². The Morgan fingerprint density at radius 1 is 1.36 bits per heavy atom. The Kier molecular flexibility index (Phi) is 6.74. The summed E-state index contributed by atoms with van der Waals surface area (Å²) in [5.41, 5.74) is 0. The number of piperazine rings is 1. The highest BCUT2D eigenvalue weighted by molar-refractivity contribution is 6.35. The second kappa shape index (κ2) is 8.34. The topological polar surface area (TPSA) is 56.2 Å². The lowest BCUT2D eigenvalue weighted by molar-refractivity contribution is 0.0175. The van der Waals surface area contributed by atoms with Gasteiger partial charge in [-0.25, -0.2) is 0 Å². The zero-order chi connectivity index (χ0) is 16.1. The van der Waals surface area contributed by atoms with Crippen LogP contribution in [0, 0.1) is 0 Å². The molecule has 1 fully saturated rings. The molecule has 22 heavy (non-hydrogen) atoms. The fraction of sp³-hybridized carbons (Fsp3) is 0.600. The number of aliphatic hydroxyl groups excluding tert-OH is 2. The summed E-state index contributed by atoms with van der Waals surface area (Å²) in [4.78, 5) is 4.27. The van der Waals surface area contributed by atoms with Gasteiger partial charge in [0.1, 0.15) is 18.5 Å². The average molecular weight is 349 g/mol. The molecule has 1 saturated heterocycles. The van der Waals surface area contributed by atoms with Gasteiger partial charge in [0.15, 0.2) is 0 Å². The first-order valence-electron chi connectivity index (χ1n) is 7.29. The van der Waals surface area contributed by atoms with Crippen LogP contribution in [0.25, 0.3) is 0 Å². The SMILES string of the molecule is CN1CCN(C[C@@H](O)COc2ccc(Cl)cc2Cl)C[C@@H]1CO. The highest BCUT2D eigenvalue weighted by atomic mass is 35.5. The van der Waals surface area contributed by atoms with Crippen molar-refractivity contribution in [3.8, 4) is 5.75 Å². The summed E-state index contributed by atoms with van der Waals surface area (Å²) < 4.78 is 5.54.